The lowest BCUT2D eigenvalue weighted by molar-refractivity contribution is 0.0697. The summed E-state index contributed by atoms with van der Waals surface area (Å²) < 4.78 is 1.97. The van der Waals surface area contributed by atoms with Gasteiger partial charge in [-0.1, -0.05) is 0 Å². The summed E-state index contributed by atoms with van der Waals surface area (Å²) in [6, 6.07) is 8.35. The van der Waals surface area contributed by atoms with Crippen LogP contribution >= 0.6 is 11.6 Å². The largest absolute Gasteiger partial charge is 0.478 e. The van der Waals surface area contributed by atoms with Crippen LogP contribution in [0.3, 0.4) is 0 Å². The maximum Gasteiger partial charge on any atom is 0.335 e. The van der Waals surface area contributed by atoms with E-state index in [1.165, 1.54) is 12.1 Å². The maximum absolute atomic E-state index is 10.9. The molecule has 0 radical (unpaired) electrons. The van der Waals surface area contributed by atoms with Gasteiger partial charge in [-0.25, -0.2) is 9.78 Å². The molecule has 0 aliphatic carbocycles. The van der Waals surface area contributed by atoms with Gasteiger partial charge in [-0.05, 0) is 48.9 Å². The number of fused-ring (bicyclic) bond motifs is 1. The quantitative estimate of drug-likeness (QED) is 0.724. The Morgan fingerprint density at radius 2 is 1.95 bits per heavy atom. The zero-order valence-corrected chi connectivity index (χ0v) is 12.7. The van der Waals surface area contributed by atoms with Crippen molar-refractivity contribution in [2.45, 2.75) is 6.92 Å². The van der Waals surface area contributed by atoms with Crippen molar-refractivity contribution >= 4 is 40.1 Å². The second-order valence-electron chi connectivity index (χ2n) is 4.93. The van der Waals surface area contributed by atoms with Gasteiger partial charge in [-0.2, -0.15) is 4.98 Å². The lowest BCUT2D eigenvalue weighted by Crippen LogP contribution is -2.01. The monoisotopic (exact) mass is 316 g/mol. The summed E-state index contributed by atoms with van der Waals surface area (Å²) in [5, 5.41) is 12.2. The van der Waals surface area contributed by atoms with Crippen molar-refractivity contribution in [3.05, 3.63) is 46.9 Å². The molecule has 0 saturated carbocycles. The molecule has 2 aromatic heterocycles. The zero-order valence-electron chi connectivity index (χ0n) is 12.0. The van der Waals surface area contributed by atoms with Crippen LogP contribution in [0, 0.1) is 6.92 Å². The van der Waals surface area contributed by atoms with Crippen molar-refractivity contribution in [1.82, 2.24) is 14.5 Å². The molecule has 0 saturated heterocycles. The number of carboxylic acid groups (broad SMARTS) is 1. The van der Waals surface area contributed by atoms with E-state index in [0.717, 1.165) is 22.4 Å². The molecule has 2 heterocycles. The number of anilines is 2. The molecule has 3 aromatic rings. The lowest BCUT2D eigenvalue weighted by atomic mass is 10.2. The van der Waals surface area contributed by atoms with Crippen LogP contribution in [-0.2, 0) is 7.05 Å². The van der Waals surface area contributed by atoms with Gasteiger partial charge >= 0.3 is 5.97 Å². The highest BCUT2D eigenvalue weighted by Crippen LogP contribution is 2.27. The number of aromatic carboxylic acids is 1. The Hall–Kier alpha value is -2.60. The lowest BCUT2D eigenvalue weighted by Gasteiger charge is -2.09. The number of nitrogens with one attached hydrogen (secondary N) is 1. The predicted octanol–water partition coefficient (Wildman–Crippen LogP) is 3.37. The fraction of sp³-hybridized carbons (Fsp3) is 0.133. The number of halogens is 1. The van der Waals surface area contributed by atoms with Gasteiger partial charge < -0.3 is 15.0 Å². The van der Waals surface area contributed by atoms with Crippen LogP contribution in [0.1, 0.15) is 16.1 Å². The van der Waals surface area contributed by atoms with Gasteiger partial charge in [0.1, 0.15) is 5.52 Å². The first-order chi connectivity index (χ1) is 10.5. The van der Waals surface area contributed by atoms with E-state index in [-0.39, 0.29) is 10.8 Å². The highest BCUT2D eigenvalue weighted by Gasteiger charge is 2.13. The van der Waals surface area contributed by atoms with Gasteiger partial charge in [0, 0.05) is 18.4 Å². The van der Waals surface area contributed by atoms with Gasteiger partial charge in [-0.15, -0.1) is 0 Å². The normalized spacial score (nSPS) is 10.9. The smallest absolute Gasteiger partial charge is 0.335 e. The highest BCUT2D eigenvalue weighted by molar-refractivity contribution is 6.28. The standard InChI is InChI=1S/C15H13ClN4O2/c1-8-7-11-12(20(8)2)13(19-15(16)18-11)17-10-5-3-9(4-6-10)14(21)22/h3-7H,1-2H3,(H,21,22)(H,17,18,19). The average molecular weight is 317 g/mol. The zero-order chi connectivity index (χ0) is 15.9. The Balaban J connectivity index is 2.04. The first kappa shape index (κ1) is 14.3. The van der Waals surface area contributed by atoms with Gasteiger partial charge in [0.05, 0.1) is 11.1 Å². The summed E-state index contributed by atoms with van der Waals surface area (Å²) >= 11 is 5.97. The topological polar surface area (TPSA) is 80.0 Å². The summed E-state index contributed by atoms with van der Waals surface area (Å²) in [6.45, 7) is 1.97. The van der Waals surface area contributed by atoms with Gasteiger partial charge in [0.2, 0.25) is 5.28 Å². The third-order valence-corrected chi connectivity index (χ3v) is 3.66. The van der Waals surface area contributed by atoms with E-state index in [4.69, 9.17) is 16.7 Å². The van der Waals surface area contributed by atoms with Crippen molar-refractivity contribution in [1.29, 1.82) is 0 Å². The van der Waals surface area contributed by atoms with Gasteiger partial charge in [0.15, 0.2) is 5.82 Å². The molecule has 0 atom stereocenters. The molecule has 6 nitrogen and oxygen atoms in total. The highest BCUT2D eigenvalue weighted by atomic mass is 35.5. The minimum absolute atomic E-state index is 0.155. The predicted molar refractivity (Wildman–Crippen MR) is 84.9 cm³/mol. The molecule has 22 heavy (non-hydrogen) atoms. The molecule has 2 N–H and O–H groups in total. The fourth-order valence-electron chi connectivity index (χ4n) is 2.27. The summed E-state index contributed by atoms with van der Waals surface area (Å²) in [5.41, 5.74) is 3.58. The van der Waals surface area contributed by atoms with E-state index in [9.17, 15) is 4.79 Å². The molecule has 0 unspecified atom stereocenters. The van der Waals surface area contributed by atoms with E-state index in [0.29, 0.717) is 5.82 Å². The summed E-state index contributed by atoms with van der Waals surface area (Å²) in [6.07, 6.45) is 0. The number of aryl methyl sites for hydroxylation is 2. The second-order valence-corrected chi connectivity index (χ2v) is 5.27. The third kappa shape index (κ3) is 2.48. The summed E-state index contributed by atoms with van der Waals surface area (Å²) in [4.78, 5) is 19.3. The Kier molecular flexibility index (Phi) is 3.46. The van der Waals surface area contributed by atoms with Gasteiger partial charge in [-0.3, -0.25) is 0 Å². The van der Waals surface area contributed by atoms with E-state index in [1.54, 1.807) is 12.1 Å². The molecule has 0 amide bonds. The Morgan fingerprint density at radius 3 is 2.59 bits per heavy atom. The molecule has 1 aromatic carbocycles. The van der Waals surface area contributed by atoms with Crippen LogP contribution in [0.5, 0.6) is 0 Å². The maximum atomic E-state index is 10.9. The van der Waals surface area contributed by atoms with Crippen molar-refractivity contribution in [3.8, 4) is 0 Å². The van der Waals surface area contributed by atoms with Crippen molar-refractivity contribution in [2.24, 2.45) is 7.05 Å². The van der Waals surface area contributed by atoms with E-state index in [1.807, 2.05) is 24.6 Å². The van der Waals surface area contributed by atoms with Crippen LogP contribution in [0.25, 0.3) is 11.0 Å². The molecule has 0 bridgehead atoms. The van der Waals surface area contributed by atoms with Crippen LogP contribution < -0.4 is 5.32 Å². The van der Waals surface area contributed by atoms with Crippen LogP contribution in [0.15, 0.2) is 30.3 Å². The summed E-state index contributed by atoms with van der Waals surface area (Å²) in [5.74, 6) is -0.384. The molecule has 7 heteroatoms. The summed E-state index contributed by atoms with van der Waals surface area (Å²) in [7, 11) is 1.92. The number of benzene rings is 1. The number of aromatic nitrogens is 3. The van der Waals surface area contributed by atoms with E-state index in [2.05, 4.69) is 15.3 Å². The number of hydrogen-bond acceptors (Lipinski definition) is 4. The number of carbonyl (C=O) groups is 1. The Bertz CT molecular complexity index is 871. The first-order valence-corrected chi connectivity index (χ1v) is 6.93. The minimum atomic E-state index is -0.961. The first-order valence-electron chi connectivity index (χ1n) is 6.55. The van der Waals surface area contributed by atoms with Gasteiger partial charge in [0.25, 0.3) is 0 Å². The minimum Gasteiger partial charge on any atom is -0.478 e. The number of rotatable bonds is 3. The molecule has 0 aliphatic heterocycles. The molecule has 3 rings (SSSR count). The van der Waals surface area contributed by atoms with Crippen molar-refractivity contribution < 1.29 is 9.90 Å². The Morgan fingerprint density at radius 1 is 1.27 bits per heavy atom. The second kappa shape index (κ2) is 5.31. The SMILES string of the molecule is Cc1cc2nc(Cl)nc(Nc3ccc(C(=O)O)cc3)c2n1C. The molecule has 0 spiro atoms. The van der Waals surface area contributed by atoms with Crippen molar-refractivity contribution in [2.75, 3.05) is 5.32 Å². The molecule has 0 aliphatic rings. The Labute approximate surface area is 131 Å². The average Bonchev–Trinajstić information content (AvgIpc) is 2.74. The fourth-order valence-corrected chi connectivity index (χ4v) is 2.44. The molecular weight excluding hydrogens is 304 g/mol. The molecule has 112 valence electrons. The number of hydrogen-bond donors (Lipinski definition) is 2. The van der Waals surface area contributed by atoms with E-state index >= 15 is 0 Å². The molecule has 0 fully saturated rings. The van der Waals surface area contributed by atoms with Crippen molar-refractivity contribution in [3.63, 3.8) is 0 Å². The molecular formula is C15H13ClN4O2. The van der Waals surface area contributed by atoms with E-state index < -0.39 is 5.97 Å². The van der Waals surface area contributed by atoms with Crippen LogP contribution in [0.2, 0.25) is 5.28 Å². The number of carboxylic acids is 1. The number of nitrogens with zero attached hydrogens (tertiary/aromatic N) is 3. The third-order valence-electron chi connectivity index (χ3n) is 3.49. The van der Waals surface area contributed by atoms with Crippen LogP contribution in [0.4, 0.5) is 11.5 Å². The van der Waals surface area contributed by atoms with Crippen LogP contribution in [-0.4, -0.2) is 25.6 Å².